The summed E-state index contributed by atoms with van der Waals surface area (Å²) in [5.41, 5.74) is 0.741. The van der Waals surface area contributed by atoms with E-state index in [9.17, 15) is 4.79 Å². The van der Waals surface area contributed by atoms with Gasteiger partial charge < -0.3 is 24.6 Å². The number of nitrogens with one attached hydrogen (secondary N) is 2. The number of aryl methyl sites for hydroxylation is 1. The van der Waals surface area contributed by atoms with Gasteiger partial charge in [0.2, 0.25) is 0 Å². The first-order valence-electron chi connectivity index (χ1n) is 7.65. The molecule has 0 bridgehead atoms. The average Bonchev–Trinajstić information content (AvgIpc) is 3.06. The quantitative estimate of drug-likeness (QED) is 0.694. The number of hydrogen-bond acceptors (Lipinski definition) is 8. The zero-order valence-corrected chi connectivity index (χ0v) is 14.4. The van der Waals surface area contributed by atoms with Crippen LogP contribution in [0.3, 0.4) is 0 Å². The van der Waals surface area contributed by atoms with Crippen molar-refractivity contribution in [3.63, 3.8) is 0 Å². The van der Waals surface area contributed by atoms with Crippen molar-refractivity contribution in [1.29, 1.82) is 0 Å². The molecule has 0 aliphatic carbocycles. The van der Waals surface area contributed by atoms with Crippen LogP contribution >= 0.6 is 0 Å². The minimum Gasteiger partial charge on any atom is -0.493 e. The summed E-state index contributed by atoms with van der Waals surface area (Å²) in [4.78, 5) is 20.5. The van der Waals surface area contributed by atoms with E-state index in [0.29, 0.717) is 34.6 Å². The number of benzene rings is 1. The maximum absolute atomic E-state index is 12.4. The van der Waals surface area contributed by atoms with Gasteiger partial charge in [-0.1, -0.05) is 5.16 Å². The third-order valence-electron chi connectivity index (χ3n) is 3.43. The molecule has 2 heterocycles. The van der Waals surface area contributed by atoms with Crippen LogP contribution in [0.5, 0.6) is 11.5 Å². The second kappa shape index (κ2) is 7.51. The van der Waals surface area contributed by atoms with Crippen molar-refractivity contribution in [2.24, 2.45) is 0 Å². The van der Waals surface area contributed by atoms with Crippen molar-refractivity contribution in [2.75, 3.05) is 24.9 Å². The van der Waals surface area contributed by atoms with E-state index in [2.05, 4.69) is 25.8 Å². The van der Waals surface area contributed by atoms with Crippen molar-refractivity contribution in [2.45, 2.75) is 6.92 Å². The SMILES string of the molecule is COc1ccc(NC(=O)c2cc(Nc3cc(C)on3)ncn2)cc1OC. The van der Waals surface area contributed by atoms with Crippen LogP contribution in [0.25, 0.3) is 0 Å². The van der Waals surface area contributed by atoms with E-state index in [1.807, 2.05) is 0 Å². The lowest BCUT2D eigenvalue weighted by atomic mass is 10.2. The summed E-state index contributed by atoms with van der Waals surface area (Å²) in [6.45, 7) is 1.78. The van der Waals surface area contributed by atoms with E-state index in [4.69, 9.17) is 14.0 Å². The third-order valence-corrected chi connectivity index (χ3v) is 3.43. The molecule has 2 aromatic heterocycles. The average molecular weight is 355 g/mol. The standard InChI is InChI=1S/C17H17N5O4/c1-10-6-16(22-26-10)21-15-8-12(18-9-19-15)17(23)20-11-4-5-13(24-2)14(7-11)25-3/h4-9H,1-3H3,(H,20,23)(H,18,19,21,22). The molecule has 0 spiro atoms. The summed E-state index contributed by atoms with van der Waals surface area (Å²) in [5, 5.41) is 9.51. The molecule has 2 N–H and O–H groups in total. The molecule has 0 saturated carbocycles. The molecule has 3 rings (SSSR count). The summed E-state index contributed by atoms with van der Waals surface area (Å²) >= 11 is 0. The number of carbonyl (C=O) groups is 1. The number of carbonyl (C=O) groups excluding carboxylic acids is 1. The minimum atomic E-state index is -0.390. The molecule has 1 amide bonds. The molecule has 9 nitrogen and oxygen atoms in total. The number of hydrogen-bond donors (Lipinski definition) is 2. The molecule has 0 aliphatic heterocycles. The monoisotopic (exact) mass is 355 g/mol. The maximum Gasteiger partial charge on any atom is 0.274 e. The lowest BCUT2D eigenvalue weighted by Gasteiger charge is -2.10. The van der Waals surface area contributed by atoms with Crippen LogP contribution in [0.2, 0.25) is 0 Å². The smallest absolute Gasteiger partial charge is 0.274 e. The lowest BCUT2D eigenvalue weighted by molar-refractivity contribution is 0.102. The molecule has 0 unspecified atom stereocenters. The van der Waals surface area contributed by atoms with Crippen LogP contribution in [-0.4, -0.2) is 35.3 Å². The van der Waals surface area contributed by atoms with E-state index in [1.54, 1.807) is 38.3 Å². The highest BCUT2D eigenvalue weighted by Crippen LogP contribution is 2.29. The molecular weight excluding hydrogens is 338 g/mol. The summed E-state index contributed by atoms with van der Waals surface area (Å²) in [6.07, 6.45) is 1.29. The highest BCUT2D eigenvalue weighted by Gasteiger charge is 2.12. The number of anilines is 3. The highest BCUT2D eigenvalue weighted by atomic mass is 16.5. The van der Waals surface area contributed by atoms with Gasteiger partial charge in [-0.3, -0.25) is 4.79 Å². The van der Waals surface area contributed by atoms with Crippen molar-refractivity contribution in [3.8, 4) is 11.5 Å². The summed E-state index contributed by atoms with van der Waals surface area (Å²) < 4.78 is 15.4. The number of rotatable bonds is 6. The summed E-state index contributed by atoms with van der Waals surface area (Å²) in [7, 11) is 3.07. The van der Waals surface area contributed by atoms with Crippen LogP contribution in [0.15, 0.2) is 41.2 Å². The second-order valence-electron chi connectivity index (χ2n) is 5.26. The molecule has 1 aromatic carbocycles. The Morgan fingerprint density at radius 3 is 2.54 bits per heavy atom. The number of ether oxygens (including phenoxy) is 2. The Balaban J connectivity index is 1.74. The first-order chi connectivity index (χ1) is 12.6. The normalized spacial score (nSPS) is 10.3. The number of nitrogens with zero attached hydrogens (tertiary/aromatic N) is 3. The van der Waals surface area contributed by atoms with Gasteiger partial charge in [0, 0.05) is 23.9 Å². The molecule has 0 aliphatic rings. The van der Waals surface area contributed by atoms with E-state index >= 15 is 0 Å². The number of aromatic nitrogens is 3. The van der Waals surface area contributed by atoms with Crippen LogP contribution in [0.4, 0.5) is 17.3 Å². The van der Waals surface area contributed by atoms with Crippen LogP contribution in [0, 0.1) is 6.92 Å². The van der Waals surface area contributed by atoms with Gasteiger partial charge in [0.25, 0.3) is 5.91 Å². The van der Waals surface area contributed by atoms with Gasteiger partial charge >= 0.3 is 0 Å². The highest BCUT2D eigenvalue weighted by molar-refractivity contribution is 6.03. The van der Waals surface area contributed by atoms with Gasteiger partial charge in [0.1, 0.15) is 23.6 Å². The van der Waals surface area contributed by atoms with E-state index in [0.717, 1.165) is 0 Å². The fourth-order valence-electron chi connectivity index (χ4n) is 2.22. The zero-order chi connectivity index (χ0) is 18.5. The van der Waals surface area contributed by atoms with Crippen LogP contribution in [-0.2, 0) is 0 Å². The van der Waals surface area contributed by atoms with Gasteiger partial charge in [-0.15, -0.1) is 0 Å². The van der Waals surface area contributed by atoms with Gasteiger partial charge in [-0.25, -0.2) is 9.97 Å². The molecule has 9 heteroatoms. The van der Waals surface area contributed by atoms with Crippen LogP contribution in [0.1, 0.15) is 16.2 Å². The molecule has 3 aromatic rings. The summed E-state index contributed by atoms with van der Waals surface area (Å²) in [5.74, 6) is 2.27. The largest absolute Gasteiger partial charge is 0.493 e. The molecular formula is C17H17N5O4. The topological polar surface area (TPSA) is 111 Å². The third kappa shape index (κ3) is 3.89. The van der Waals surface area contributed by atoms with Gasteiger partial charge in [-0.2, -0.15) is 0 Å². The Labute approximate surface area is 149 Å². The first kappa shape index (κ1) is 17.2. The van der Waals surface area contributed by atoms with Crippen molar-refractivity contribution in [3.05, 3.63) is 48.1 Å². The Kier molecular flexibility index (Phi) is 4.97. The molecule has 134 valence electrons. The van der Waals surface area contributed by atoms with E-state index in [-0.39, 0.29) is 11.6 Å². The van der Waals surface area contributed by atoms with Gasteiger partial charge in [0.05, 0.1) is 14.2 Å². The van der Waals surface area contributed by atoms with Crippen molar-refractivity contribution < 1.29 is 18.8 Å². The fourth-order valence-corrected chi connectivity index (χ4v) is 2.22. The Bertz CT molecular complexity index is 925. The Morgan fingerprint density at radius 2 is 1.85 bits per heavy atom. The maximum atomic E-state index is 12.4. The van der Waals surface area contributed by atoms with Gasteiger partial charge in [-0.05, 0) is 19.1 Å². The fraction of sp³-hybridized carbons (Fsp3) is 0.176. The van der Waals surface area contributed by atoms with Crippen LogP contribution < -0.4 is 20.1 Å². The minimum absolute atomic E-state index is 0.192. The van der Waals surface area contributed by atoms with E-state index < -0.39 is 0 Å². The first-order valence-corrected chi connectivity index (χ1v) is 7.65. The molecule has 0 radical (unpaired) electrons. The summed E-state index contributed by atoms with van der Waals surface area (Å²) in [6, 6.07) is 8.30. The Hall–Kier alpha value is -3.62. The molecule has 0 saturated heterocycles. The van der Waals surface area contributed by atoms with Crippen molar-refractivity contribution >= 4 is 23.2 Å². The molecule has 26 heavy (non-hydrogen) atoms. The zero-order valence-electron chi connectivity index (χ0n) is 14.4. The van der Waals surface area contributed by atoms with Gasteiger partial charge in [0.15, 0.2) is 17.3 Å². The molecule has 0 atom stereocenters. The van der Waals surface area contributed by atoms with E-state index in [1.165, 1.54) is 19.5 Å². The second-order valence-corrected chi connectivity index (χ2v) is 5.26. The molecule has 0 fully saturated rings. The van der Waals surface area contributed by atoms with Crippen molar-refractivity contribution in [1.82, 2.24) is 15.1 Å². The number of amides is 1. The predicted molar refractivity (Wildman–Crippen MR) is 94.1 cm³/mol. The number of methoxy groups -OCH3 is 2. The lowest BCUT2D eigenvalue weighted by Crippen LogP contribution is -2.14. The predicted octanol–water partition coefficient (Wildman–Crippen LogP) is 2.79. The Morgan fingerprint density at radius 1 is 1.04 bits per heavy atom.